The van der Waals surface area contributed by atoms with E-state index in [0.717, 1.165) is 64.2 Å². The Kier molecular flexibility index (Phi) is 26.3. The van der Waals surface area contributed by atoms with Crippen molar-refractivity contribution in [1.82, 2.24) is 0 Å². The second-order valence-corrected chi connectivity index (χ2v) is 25.7. The summed E-state index contributed by atoms with van der Waals surface area (Å²) in [6, 6.07) is 10.2. The number of ether oxygens (including phenoxy) is 6. The number of carbonyl (C=O) groups is 4. The van der Waals surface area contributed by atoms with E-state index >= 15 is 0 Å². The van der Waals surface area contributed by atoms with Crippen LogP contribution in [0.1, 0.15) is 227 Å². The number of aliphatic carboxylic acids is 2. The van der Waals surface area contributed by atoms with Gasteiger partial charge in [-0.3, -0.25) is 9.59 Å². The van der Waals surface area contributed by atoms with Crippen molar-refractivity contribution in [1.29, 1.82) is 0 Å². The van der Waals surface area contributed by atoms with Crippen LogP contribution in [0.4, 0.5) is 0 Å². The molecule has 0 saturated carbocycles. The van der Waals surface area contributed by atoms with Gasteiger partial charge in [-0.2, -0.15) is 0 Å². The smallest absolute Gasteiger partial charge is 0.507 e. The molecule has 6 N–H and O–H groups in total. The minimum atomic E-state index is -1.09. The van der Waals surface area contributed by atoms with E-state index in [1.807, 2.05) is 26.0 Å². The summed E-state index contributed by atoms with van der Waals surface area (Å²) in [4.78, 5) is 53.1. The summed E-state index contributed by atoms with van der Waals surface area (Å²) in [6.07, 6.45) is 11.7. The van der Waals surface area contributed by atoms with Crippen molar-refractivity contribution >= 4 is 23.9 Å². The van der Waals surface area contributed by atoms with Crippen molar-refractivity contribution < 1.29 is 130 Å². The summed E-state index contributed by atoms with van der Waals surface area (Å²) in [6.45, 7) is 10.7. The molecule has 0 aliphatic carbocycles. The number of carboxylic acid groups (broad SMARTS) is 2. The molecule has 5 heterocycles. The maximum atomic E-state index is 14.4. The number of carbonyl (C=O) groups excluding carboxylic acids is 2. The van der Waals surface area contributed by atoms with Crippen LogP contribution in [0.3, 0.4) is 0 Å². The summed E-state index contributed by atoms with van der Waals surface area (Å²) in [5.41, 5.74) is -0.609. The molecule has 2 aromatic rings. The first-order valence-corrected chi connectivity index (χ1v) is 30.6. The zero-order valence-corrected chi connectivity index (χ0v) is 52.8. The van der Waals surface area contributed by atoms with E-state index in [9.17, 15) is 49.8 Å². The van der Waals surface area contributed by atoms with Crippen LogP contribution in [-0.2, 0) is 50.9 Å². The molecule has 16 nitrogen and oxygen atoms in total. The first-order valence-electron chi connectivity index (χ1n) is 30.6. The number of hydrogen-bond acceptors (Lipinski definition) is 14. The van der Waals surface area contributed by atoms with Gasteiger partial charge in [-0.15, -0.1) is 0 Å². The Morgan fingerprint density at radius 3 is 1.21 bits per heavy atom. The predicted octanol–water partition coefficient (Wildman–Crippen LogP) is 8.60. The third-order valence-corrected chi connectivity index (χ3v) is 18.6. The molecule has 2 aromatic carbocycles. The fourth-order valence-corrected chi connectivity index (χ4v) is 13.2. The SMILES string of the molecule is C[C@H]1CC[C@@H]2CCC[C@H](CCCc3cccc(O)c3C(=O)O[C@H](C[C@@H](O)C[C@@H]3CCC[C@H](C(C)(C)C(=O)O)O3)[C@@H](C)CC[C@@H]3CCC[C@H](CCCc4cccc(O)c4C(=O)O[C@@H]1C[C@@H](O)C[C@@H]1CCC[C@H](C(C)(C)C(=O)O)O1)O3)O2.[K+]. The monoisotopic (exact) mass is 1160 g/mol. The molecular formula is C64H96KO16+. The Labute approximate surface area is 523 Å². The number of carboxylic acids is 2. The van der Waals surface area contributed by atoms with E-state index in [1.165, 1.54) is 12.1 Å². The Morgan fingerprint density at radius 1 is 0.494 bits per heavy atom. The molecule has 448 valence electrons. The van der Waals surface area contributed by atoms with Gasteiger partial charge in [-0.05, 0) is 217 Å². The van der Waals surface area contributed by atoms with Crippen molar-refractivity contribution in [2.24, 2.45) is 22.7 Å². The quantitative estimate of drug-likeness (QED) is 0.0861. The van der Waals surface area contributed by atoms with Gasteiger partial charge in [0, 0.05) is 12.8 Å². The molecular weight excluding hydrogens is 1060 g/mol. The number of phenolic OH excluding ortho intramolecular Hbond substituents is 2. The van der Waals surface area contributed by atoms with Crippen LogP contribution in [0, 0.1) is 22.7 Å². The van der Waals surface area contributed by atoms with Gasteiger partial charge in [0.05, 0.1) is 71.9 Å². The average Bonchev–Trinajstić information content (AvgIpc) is 3.42. The van der Waals surface area contributed by atoms with Crippen molar-refractivity contribution in [3.05, 3.63) is 58.7 Å². The molecule has 14 atom stereocenters. The number of aliphatic hydroxyl groups excluding tert-OH is 2. The average molecular weight is 1160 g/mol. The number of cyclic esters (lactones) is 2. The number of aliphatic hydroxyl groups is 2. The van der Waals surface area contributed by atoms with Gasteiger partial charge < -0.3 is 59.1 Å². The second-order valence-electron chi connectivity index (χ2n) is 25.7. The predicted molar refractivity (Wildman–Crippen MR) is 301 cm³/mol. The zero-order chi connectivity index (χ0) is 57.7. The number of hydrogen-bond donors (Lipinski definition) is 6. The summed E-state index contributed by atoms with van der Waals surface area (Å²) < 4.78 is 38.9. The van der Waals surface area contributed by atoms with Crippen molar-refractivity contribution in [2.45, 2.75) is 282 Å². The van der Waals surface area contributed by atoms with Crippen LogP contribution in [-0.4, -0.2) is 128 Å². The minimum absolute atomic E-state index is 0. The number of esters is 2. The van der Waals surface area contributed by atoms with Crippen LogP contribution in [0.15, 0.2) is 36.4 Å². The number of fused-ring (bicyclic) bond motifs is 6. The van der Waals surface area contributed by atoms with Crippen LogP contribution in [0.25, 0.3) is 0 Å². The molecule has 81 heavy (non-hydrogen) atoms. The fraction of sp³-hybridized carbons (Fsp3) is 0.750. The Bertz CT molecular complexity index is 2180. The van der Waals surface area contributed by atoms with E-state index in [2.05, 4.69) is 0 Å². The number of rotatable bonds is 12. The molecule has 0 spiro atoms. The van der Waals surface area contributed by atoms with Gasteiger partial charge >= 0.3 is 75.3 Å². The Balaban J connectivity index is 0.0000106. The van der Waals surface area contributed by atoms with Crippen molar-refractivity contribution in [3.8, 4) is 11.5 Å². The molecule has 17 heteroatoms. The Morgan fingerprint density at radius 2 is 0.840 bits per heavy atom. The van der Waals surface area contributed by atoms with Gasteiger partial charge in [-0.25, -0.2) is 9.59 Å². The van der Waals surface area contributed by atoms with Gasteiger partial charge in [0.15, 0.2) is 0 Å². The third-order valence-electron chi connectivity index (χ3n) is 18.6. The summed E-state index contributed by atoms with van der Waals surface area (Å²) in [7, 11) is 0. The number of aromatic hydroxyl groups is 2. The summed E-state index contributed by atoms with van der Waals surface area (Å²) in [5.74, 6) is -3.90. The zero-order valence-electron chi connectivity index (χ0n) is 49.7. The standard InChI is InChI=1S/C64H96O16.K/c1-39-31-33-47-23-11-21-45(75-47)19-8-16-42-18-10-28-52(68)58(42)60(70)80-54(38-44(66)36-50-26-14-30-56(78-50)64(5,6)62(73)74)40(2)32-34-48-24-12-22-46(76-48)20-7-15-41-17-9-27-51(67)57(41)59(69)79-53(39)37-43(65)35-49-25-13-29-55(77-49)63(3,4)61(71)72;/h9-10,17-18,27-28,39-40,43-50,53-56,65-68H,7-8,11-16,19-26,29-38H2,1-6H3,(H,71,72)(H,73,74);/q;+1/t39-,40-,43-,44-,45-,46-,47-,48-,49-,50-,53+,54+,55+,56+;/m0./s1. The molecule has 4 fully saturated rings. The third kappa shape index (κ3) is 19.2. The van der Waals surface area contributed by atoms with Crippen LogP contribution in [0.5, 0.6) is 11.5 Å². The molecule has 4 bridgehead atoms. The van der Waals surface area contributed by atoms with Gasteiger partial charge in [0.25, 0.3) is 0 Å². The summed E-state index contributed by atoms with van der Waals surface area (Å²) >= 11 is 0. The number of phenols is 2. The first kappa shape index (κ1) is 67.4. The normalized spacial score (nSPS) is 31.0. The molecule has 7 rings (SSSR count). The van der Waals surface area contributed by atoms with Gasteiger partial charge in [0.2, 0.25) is 0 Å². The van der Waals surface area contributed by atoms with E-state index in [0.29, 0.717) is 88.2 Å². The van der Waals surface area contributed by atoms with E-state index < -0.39 is 71.3 Å². The molecule has 0 aromatic heterocycles. The maximum Gasteiger partial charge on any atom is 1.00 e. The largest absolute Gasteiger partial charge is 1.00 e. The molecule has 0 radical (unpaired) electrons. The number of benzene rings is 2. The van der Waals surface area contributed by atoms with E-state index in [4.69, 9.17) is 28.4 Å². The Hall–Kier alpha value is -2.68. The summed E-state index contributed by atoms with van der Waals surface area (Å²) in [5, 5.41) is 65.8. The molecule has 0 amide bonds. The molecule has 5 aliphatic heterocycles. The first-order chi connectivity index (χ1) is 38.1. The maximum absolute atomic E-state index is 14.4. The molecule has 4 saturated heterocycles. The van der Waals surface area contributed by atoms with Gasteiger partial charge in [0.1, 0.15) is 34.8 Å². The minimum Gasteiger partial charge on any atom is -0.507 e. The topological polar surface area (TPSA) is 245 Å². The van der Waals surface area contributed by atoms with Crippen LogP contribution < -0.4 is 51.4 Å². The van der Waals surface area contributed by atoms with Crippen LogP contribution >= 0.6 is 0 Å². The van der Waals surface area contributed by atoms with Crippen molar-refractivity contribution in [2.75, 3.05) is 0 Å². The van der Waals surface area contributed by atoms with E-state index in [-0.39, 0.29) is 148 Å². The second kappa shape index (κ2) is 31.6. The van der Waals surface area contributed by atoms with Crippen LogP contribution in [0.2, 0.25) is 0 Å². The van der Waals surface area contributed by atoms with E-state index in [1.54, 1.807) is 39.8 Å². The fourth-order valence-electron chi connectivity index (χ4n) is 13.2. The molecule has 0 unspecified atom stereocenters. The molecule has 5 aliphatic rings. The van der Waals surface area contributed by atoms with Crippen molar-refractivity contribution in [3.63, 3.8) is 0 Å². The van der Waals surface area contributed by atoms with Gasteiger partial charge in [-0.1, -0.05) is 38.1 Å². The number of aryl methyl sites for hydroxylation is 2.